The fourth-order valence-electron chi connectivity index (χ4n) is 5.33. The van der Waals surface area contributed by atoms with Gasteiger partial charge in [-0.2, -0.15) is 4.52 Å². The molecule has 0 aliphatic carbocycles. The lowest BCUT2D eigenvalue weighted by Crippen LogP contribution is -2.49. The van der Waals surface area contributed by atoms with Crippen LogP contribution in [-0.4, -0.2) is 55.7 Å². The van der Waals surface area contributed by atoms with Crippen LogP contribution in [0.25, 0.3) is 4.96 Å². The molecule has 1 N–H and O–H groups in total. The number of hydrogen-bond donors (Lipinski definition) is 1. The van der Waals surface area contributed by atoms with Gasteiger partial charge in [0.2, 0.25) is 10.8 Å². The zero-order chi connectivity index (χ0) is 24.5. The topological polar surface area (TPSA) is 56.9 Å². The van der Waals surface area contributed by atoms with Gasteiger partial charge in [-0.05, 0) is 23.6 Å². The predicted molar refractivity (Wildman–Crippen MR) is 143 cm³/mol. The first-order valence-electron chi connectivity index (χ1n) is 12.4. The summed E-state index contributed by atoms with van der Waals surface area (Å²) in [5, 5.41) is 15.5. The third-order valence-corrected chi connectivity index (χ3v) is 8.05. The van der Waals surface area contributed by atoms with E-state index in [4.69, 9.17) is 0 Å². The highest BCUT2D eigenvalue weighted by molar-refractivity contribution is 7.17. The fraction of sp³-hybridized carbons (Fsp3) is 0.241. The summed E-state index contributed by atoms with van der Waals surface area (Å²) in [6.07, 6.45) is 0. The zero-order valence-electron chi connectivity index (χ0n) is 20.2. The Morgan fingerprint density at radius 3 is 1.61 bits per heavy atom. The molecule has 0 bridgehead atoms. The summed E-state index contributed by atoms with van der Waals surface area (Å²) in [6, 6.07) is 32.2. The molecular weight excluding hydrogens is 466 g/mol. The van der Waals surface area contributed by atoms with Crippen LogP contribution < -0.4 is 0 Å². The van der Waals surface area contributed by atoms with Gasteiger partial charge >= 0.3 is 0 Å². The molecule has 0 amide bonds. The molecule has 1 aliphatic heterocycles. The lowest BCUT2D eigenvalue weighted by molar-refractivity contribution is 0.0899. The zero-order valence-corrected chi connectivity index (χ0v) is 21.1. The average molecular weight is 496 g/mol. The van der Waals surface area contributed by atoms with Crippen molar-refractivity contribution in [3.63, 3.8) is 0 Å². The number of aryl methyl sites for hydroxylation is 1. The van der Waals surface area contributed by atoms with Crippen molar-refractivity contribution in [1.29, 1.82) is 0 Å². The van der Waals surface area contributed by atoms with Crippen LogP contribution in [0.15, 0.2) is 91.0 Å². The quantitative estimate of drug-likeness (QED) is 0.346. The Kier molecular flexibility index (Phi) is 6.27. The van der Waals surface area contributed by atoms with Crippen molar-refractivity contribution in [2.75, 3.05) is 26.2 Å². The third-order valence-electron chi connectivity index (χ3n) is 6.98. The second-order valence-corrected chi connectivity index (χ2v) is 10.3. The molecule has 7 heteroatoms. The number of aromatic hydroxyl groups is 1. The Bertz CT molecular complexity index is 1390. The van der Waals surface area contributed by atoms with Crippen LogP contribution in [0.3, 0.4) is 0 Å². The summed E-state index contributed by atoms with van der Waals surface area (Å²) in [7, 11) is 0. The number of fused-ring (bicyclic) bond motifs is 1. The fourth-order valence-corrected chi connectivity index (χ4v) is 6.49. The van der Waals surface area contributed by atoms with Gasteiger partial charge in [-0.1, -0.05) is 102 Å². The van der Waals surface area contributed by atoms with Gasteiger partial charge in [0.25, 0.3) is 0 Å². The van der Waals surface area contributed by atoms with E-state index in [1.165, 1.54) is 28.0 Å². The van der Waals surface area contributed by atoms with E-state index in [2.05, 4.69) is 105 Å². The molecule has 2 aromatic heterocycles. The lowest BCUT2D eigenvalue weighted by Gasteiger charge is -2.42. The van der Waals surface area contributed by atoms with Gasteiger partial charge in [-0.15, -0.1) is 5.10 Å². The molecule has 1 fully saturated rings. The van der Waals surface area contributed by atoms with Crippen molar-refractivity contribution < 1.29 is 5.11 Å². The Balaban J connectivity index is 1.31. The Labute approximate surface area is 215 Å². The molecule has 0 saturated carbocycles. The van der Waals surface area contributed by atoms with Crippen molar-refractivity contribution in [1.82, 2.24) is 24.4 Å². The Morgan fingerprint density at radius 1 is 0.694 bits per heavy atom. The molecule has 0 unspecified atom stereocenters. The van der Waals surface area contributed by atoms with Gasteiger partial charge in [0.15, 0.2) is 0 Å². The molecule has 0 radical (unpaired) electrons. The monoisotopic (exact) mass is 495 g/mol. The lowest BCUT2D eigenvalue weighted by atomic mass is 9.96. The minimum Gasteiger partial charge on any atom is -0.492 e. The first-order valence-corrected chi connectivity index (χ1v) is 13.2. The second kappa shape index (κ2) is 9.85. The van der Waals surface area contributed by atoms with Crippen molar-refractivity contribution in [3.8, 4) is 5.88 Å². The summed E-state index contributed by atoms with van der Waals surface area (Å²) in [5.74, 6) is 0.860. The number of thiazole rings is 1. The minimum atomic E-state index is -0.0472. The van der Waals surface area contributed by atoms with E-state index in [-0.39, 0.29) is 18.0 Å². The van der Waals surface area contributed by atoms with E-state index >= 15 is 0 Å². The molecule has 1 atom stereocenters. The standard InChI is InChI=1S/C29H29N5OS/c1-21-30-29-34(31-21)28(35)27(36-29)26(24-15-9-4-10-16-24)33-19-17-32(18-20-33)25(22-11-5-2-6-12-22)23-13-7-3-8-14-23/h2-16,25-26,35H,17-20H2,1H3/t26-/m1/s1. The molecule has 5 aromatic rings. The molecular formula is C29H29N5OS. The van der Waals surface area contributed by atoms with E-state index in [0.717, 1.165) is 36.0 Å². The van der Waals surface area contributed by atoms with Crippen LogP contribution in [0.1, 0.15) is 39.5 Å². The summed E-state index contributed by atoms with van der Waals surface area (Å²) in [5.41, 5.74) is 3.80. The van der Waals surface area contributed by atoms with Gasteiger partial charge in [-0.25, -0.2) is 4.98 Å². The van der Waals surface area contributed by atoms with E-state index in [1.54, 1.807) is 4.52 Å². The largest absolute Gasteiger partial charge is 0.492 e. The summed E-state index contributed by atoms with van der Waals surface area (Å²) in [4.78, 5) is 11.2. The van der Waals surface area contributed by atoms with Gasteiger partial charge < -0.3 is 5.11 Å². The number of piperazine rings is 1. The summed E-state index contributed by atoms with van der Waals surface area (Å²) >= 11 is 1.53. The van der Waals surface area contributed by atoms with Crippen LogP contribution in [0.5, 0.6) is 5.88 Å². The van der Waals surface area contributed by atoms with Crippen molar-refractivity contribution in [3.05, 3.63) is 118 Å². The van der Waals surface area contributed by atoms with E-state index < -0.39 is 0 Å². The van der Waals surface area contributed by atoms with E-state index in [1.807, 2.05) is 13.0 Å². The maximum Gasteiger partial charge on any atom is 0.230 e. The minimum absolute atomic E-state index is 0.0472. The molecule has 1 aliphatic rings. The third kappa shape index (κ3) is 4.30. The highest BCUT2D eigenvalue weighted by atomic mass is 32.1. The molecule has 36 heavy (non-hydrogen) atoms. The molecule has 3 heterocycles. The van der Waals surface area contributed by atoms with Crippen molar-refractivity contribution >= 4 is 16.3 Å². The van der Waals surface area contributed by atoms with Crippen LogP contribution in [0.2, 0.25) is 0 Å². The number of hydrogen-bond acceptors (Lipinski definition) is 6. The summed E-state index contributed by atoms with van der Waals surface area (Å²) < 4.78 is 1.57. The Morgan fingerprint density at radius 2 is 1.14 bits per heavy atom. The number of rotatable bonds is 6. The number of nitrogens with zero attached hydrogens (tertiary/aromatic N) is 5. The molecule has 0 spiro atoms. The van der Waals surface area contributed by atoms with Gasteiger partial charge in [-0.3, -0.25) is 9.80 Å². The van der Waals surface area contributed by atoms with E-state index in [9.17, 15) is 5.11 Å². The van der Waals surface area contributed by atoms with Crippen LogP contribution in [0, 0.1) is 6.92 Å². The van der Waals surface area contributed by atoms with Crippen molar-refractivity contribution in [2.45, 2.75) is 19.0 Å². The van der Waals surface area contributed by atoms with Gasteiger partial charge in [0.1, 0.15) is 5.82 Å². The highest BCUT2D eigenvalue weighted by Gasteiger charge is 2.33. The Hall–Kier alpha value is -3.52. The summed E-state index contributed by atoms with van der Waals surface area (Å²) in [6.45, 7) is 5.49. The maximum absolute atomic E-state index is 11.1. The van der Waals surface area contributed by atoms with Crippen LogP contribution in [0.4, 0.5) is 0 Å². The number of benzene rings is 3. The molecule has 3 aromatic carbocycles. The van der Waals surface area contributed by atoms with Crippen LogP contribution >= 0.6 is 11.3 Å². The maximum atomic E-state index is 11.1. The molecule has 182 valence electrons. The smallest absolute Gasteiger partial charge is 0.230 e. The second-order valence-electron chi connectivity index (χ2n) is 9.25. The van der Waals surface area contributed by atoms with E-state index in [0.29, 0.717) is 5.82 Å². The first kappa shape index (κ1) is 22.9. The van der Waals surface area contributed by atoms with Gasteiger partial charge in [0.05, 0.1) is 17.0 Å². The number of aromatic nitrogens is 3. The average Bonchev–Trinajstić information content (AvgIpc) is 3.44. The molecule has 1 saturated heterocycles. The highest BCUT2D eigenvalue weighted by Crippen LogP contribution is 2.41. The SMILES string of the molecule is Cc1nc2sc([C@@H](c3ccccc3)N3CCN(C(c4ccccc4)c4ccccc4)CC3)c(O)n2n1. The van der Waals surface area contributed by atoms with Crippen molar-refractivity contribution in [2.24, 2.45) is 0 Å². The van der Waals surface area contributed by atoms with Crippen LogP contribution in [-0.2, 0) is 0 Å². The normalized spacial score (nSPS) is 16.1. The molecule has 6 nitrogen and oxygen atoms in total. The molecule has 6 rings (SSSR count). The predicted octanol–water partition coefficient (Wildman–Crippen LogP) is 5.30. The first-order chi connectivity index (χ1) is 17.7. The van der Waals surface area contributed by atoms with Gasteiger partial charge in [0, 0.05) is 26.2 Å².